The molecule has 2 aromatic rings. The van der Waals surface area contributed by atoms with E-state index in [4.69, 9.17) is 9.47 Å². The predicted molar refractivity (Wildman–Crippen MR) is 82.1 cm³/mol. The average molecular weight is 280 g/mol. The van der Waals surface area contributed by atoms with Gasteiger partial charge in [0.25, 0.3) is 0 Å². The van der Waals surface area contributed by atoms with Gasteiger partial charge >= 0.3 is 5.97 Å². The lowest BCUT2D eigenvalue weighted by atomic mass is 10.00. The maximum atomic E-state index is 11.8. The van der Waals surface area contributed by atoms with E-state index in [0.717, 1.165) is 28.2 Å². The molecule has 0 bridgehead atoms. The Kier molecular flexibility index (Phi) is 3.73. The van der Waals surface area contributed by atoms with E-state index in [1.807, 2.05) is 61.5 Å². The van der Waals surface area contributed by atoms with Crippen molar-refractivity contribution in [3.05, 3.63) is 59.7 Å². The van der Waals surface area contributed by atoms with Gasteiger partial charge in [0, 0.05) is 11.1 Å². The van der Waals surface area contributed by atoms with E-state index in [-0.39, 0.29) is 12.4 Å². The predicted octanol–water partition coefficient (Wildman–Crippen LogP) is 4.29. The van der Waals surface area contributed by atoms with Gasteiger partial charge in [0.15, 0.2) is 0 Å². The Labute approximate surface area is 123 Å². The Bertz CT molecular complexity index is 701. The van der Waals surface area contributed by atoms with Gasteiger partial charge in [-0.2, -0.15) is 0 Å². The lowest BCUT2D eigenvalue weighted by Crippen LogP contribution is -2.04. The van der Waals surface area contributed by atoms with Crippen LogP contribution in [0.2, 0.25) is 0 Å². The molecule has 0 aliphatic carbocycles. The molecule has 0 amide bonds. The van der Waals surface area contributed by atoms with Gasteiger partial charge in [-0.25, -0.2) is 0 Å². The van der Waals surface area contributed by atoms with Crippen LogP contribution in [0.3, 0.4) is 0 Å². The highest BCUT2D eigenvalue weighted by atomic mass is 16.5. The summed E-state index contributed by atoms with van der Waals surface area (Å²) in [4.78, 5) is 11.8. The van der Waals surface area contributed by atoms with Crippen LogP contribution in [0.25, 0.3) is 11.6 Å². The quantitative estimate of drug-likeness (QED) is 0.787. The molecule has 0 N–H and O–H groups in total. The van der Waals surface area contributed by atoms with Crippen molar-refractivity contribution in [3.8, 4) is 11.5 Å². The fourth-order valence-corrected chi connectivity index (χ4v) is 2.41. The zero-order chi connectivity index (χ0) is 14.7. The maximum absolute atomic E-state index is 11.8. The van der Waals surface area contributed by atoms with Crippen LogP contribution in [-0.2, 0) is 9.53 Å². The first kappa shape index (κ1) is 13.4. The van der Waals surface area contributed by atoms with Crippen molar-refractivity contribution in [1.29, 1.82) is 0 Å². The van der Waals surface area contributed by atoms with Gasteiger partial charge in [0.2, 0.25) is 0 Å². The normalized spacial score (nSPS) is 12.3. The minimum Gasteiger partial charge on any atom is -0.466 e. The van der Waals surface area contributed by atoms with E-state index in [2.05, 4.69) is 0 Å². The molecule has 0 radical (unpaired) electrons. The highest BCUT2D eigenvalue weighted by Gasteiger charge is 2.18. The molecule has 21 heavy (non-hydrogen) atoms. The van der Waals surface area contributed by atoms with Crippen molar-refractivity contribution < 1.29 is 14.3 Å². The number of para-hydroxylation sites is 2. The second-order valence-electron chi connectivity index (χ2n) is 4.79. The Balaban J connectivity index is 2.06. The molecule has 106 valence electrons. The minimum atomic E-state index is -0.224. The number of benzene rings is 2. The third-order valence-electron chi connectivity index (χ3n) is 3.34. The largest absolute Gasteiger partial charge is 0.466 e. The number of fused-ring (bicyclic) bond motifs is 2. The monoisotopic (exact) mass is 280 g/mol. The summed E-state index contributed by atoms with van der Waals surface area (Å²) in [5, 5.41) is 0. The van der Waals surface area contributed by atoms with Gasteiger partial charge in [0.1, 0.15) is 11.5 Å². The average Bonchev–Trinajstić information content (AvgIpc) is 2.64. The van der Waals surface area contributed by atoms with Gasteiger partial charge in [-0.1, -0.05) is 36.4 Å². The molecule has 1 aliphatic heterocycles. The third-order valence-corrected chi connectivity index (χ3v) is 3.34. The minimum absolute atomic E-state index is 0.224. The molecule has 3 rings (SSSR count). The van der Waals surface area contributed by atoms with Crippen molar-refractivity contribution in [2.45, 2.75) is 13.3 Å². The first-order valence-electron chi connectivity index (χ1n) is 7.00. The molecule has 2 aromatic carbocycles. The zero-order valence-electron chi connectivity index (χ0n) is 11.8. The summed E-state index contributed by atoms with van der Waals surface area (Å²) in [6.07, 6.45) is 2.24. The molecule has 0 fully saturated rings. The molecule has 3 nitrogen and oxygen atoms in total. The lowest BCUT2D eigenvalue weighted by molar-refractivity contribution is -0.141. The van der Waals surface area contributed by atoms with Gasteiger partial charge in [0.05, 0.1) is 13.0 Å². The van der Waals surface area contributed by atoms with Crippen molar-refractivity contribution >= 4 is 17.6 Å². The summed E-state index contributed by atoms with van der Waals surface area (Å²) in [6.45, 7) is 2.20. The lowest BCUT2D eigenvalue weighted by Gasteiger charge is -2.10. The SMILES string of the molecule is CCOC(=O)CC1=Cc2ccccc2Oc2ccccc21. The fraction of sp³-hybridized carbons (Fsp3) is 0.167. The summed E-state index contributed by atoms with van der Waals surface area (Å²) in [5.41, 5.74) is 2.81. The molecule has 1 heterocycles. The van der Waals surface area contributed by atoms with Gasteiger partial charge in [-0.15, -0.1) is 0 Å². The maximum Gasteiger partial charge on any atom is 0.310 e. The van der Waals surface area contributed by atoms with E-state index in [9.17, 15) is 4.79 Å². The Morgan fingerprint density at radius 2 is 1.76 bits per heavy atom. The second kappa shape index (κ2) is 5.83. The fourth-order valence-electron chi connectivity index (χ4n) is 2.41. The molecule has 0 spiro atoms. The molecule has 0 saturated carbocycles. The van der Waals surface area contributed by atoms with Gasteiger partial charge < -0.3 is 9.47 Å². The van der Waals surface area contributed by atoms with Gasteiger partial charge in [-0.05, 0) is 30.7 Å². The van der Waals surface area contributed by atoms with E-state index in [0.29, 0.717) is 6.61 Å². The standard InChI is InChI=1S/C18H16O3/c1-2-20-18(19)12-14-11-13-7-3-5-9-16(13)21-17-10-6-4-8-15(14)17/h3-11H,2,12H2,1H3. The van der Waals surface area contributed by atoms with Crippen molar-refractivity contribution in [3.63, 3.8) is 0 Å². The van der Waals surface area contributed by atoms with Crippen LogP contribution in [0, 0.1) is 0 Å². The van der Waals surface area contributed by atoms with Crippen molar-refractivity contribution in [2.24, 2.45) is 0 Å². The molecule has 0 atom stereocenters. The van der Waals surface area contributed by atoms with Crippen LogP contribution < -0.4 is 4.74 Å². The Morgan fingerprint density at radius 3 is 2.57 bits per heavy atom. The van der Waals surface area contributed by atoms with E-state index >= 15 is 0 Å². The molecular formula is C18H16O3. The van der Waals surface area contributed by atoms with Gasteiger partial charge in [-0.3, -0.25) is 4.79 Å². The van der Waals surface area contributed by atoms with Crippen LogP contribution in [0.4, 0.5) is 0 Å². The number of hydrogen-bond acceptors (Lipinski definition) is 3. The third kappa shape index (κ3) is 2.82. The summed E-state index contributed by atoms with van der Waals surface area (Å²) in [7, 11) is 0. The van der Waals surface area contributed by atoms with E-state index in [1.54, 1.807) is 0 Å². The second-order valence-corrected chi connectivity index (χ2v) is 4.79. The molecular weight excluding hydrogens is 264 g/mol. The molecule has 3 heteroatoms. The first-order chi connectivity index (χ1) is 10.3. The summed E-state index contributed by atoms with van der Waals surface area (Å²) < 4.78 is 11.0. The smallest absolute Gasteiger partial charge is 0.310 e. The van der Waals surface area contributed by atoms with Crippen LogP contribution in [0.5, 0.6) is 11.5 Å². The molecule has 1 aliphatic rings. The van der Waals surface area contributed by atoms with Crippen molar-refractivity contribution in [2.75, 3.05) is 6.61 Å². The summed E-state index contributed by atoms with van der Waals surface area (Å²) >= 11 is 0. The highest BCUT2D eigenvalue weighted by molar-refractivity contribution is 5.95. The van der Waals surface area contributed by atoms with Crippen LogP contribution in [-0.4, -0.2) is 12.6 Å². The number of carbonyl (C=O) groups excluding carboxylic acids is 1. The molecule has 0 aromatic heterocycles. The highest BCUT2D eigenvalue weighted by Crippen LogP contribution is 2.38. The zero-order valence-corrected chi connectivity index (χ0v) is 11.8. The van der Waals surface area contributed by atoms with E-state index in [1.165, 1.54) is 0 Å². The summed E-state index contributed by atoms with van der Waals surface area (Å²) in [6, 6.07) is 15.5. The number of carbonyl (C=O) groups is 1. The topological polar surface area (TPSA) is 35.5 Å². The first-order valence-corrected chi connectivity index (χ1v) is 7.00. The molecule has 0 saturated heterocycles. The summed E-state index contributed by atoms with van der Waals surface area (Å²) in [5.74, 6) is 1.33. The Hall–Kier alpha value is -2.55. The number of esters is 1. The number of hydrogen-bond donors (Lipinski definition) is 0. The number of rotatable bonds is 3. The number of ether oxygens (including phenoxy) is 2. The van der Waals surface area contributed by atoms with Crippen molar-refractivity contribution in [1.82, 2.24) is 0 Å². The Morgan fingerprint density at radius 1 is 1.05 bits per heavy atom. The molecule has 0 unspecified atom stereocenters. The van der Waals surface area contributed by atoms with E-state index < -0.39 is 0 Å². The van der Waals surface area contributed by atoms with Crippen LogP contribution in [0.1, 0.15) is 24.5 Å². The van der Waals surface area contributed by atoms with Crippen LogP contribution >= 0.6 is 0 Å². The van der Waals surface area contributed by atoms with Crippen LogP contribution in [0.15, 0.2) is 48.5 Å².